The zero-order chi connectivity index (χ0) is 20.5. The summed E-state index contributed by atoms with van der Waals surface area (Å²) < 4.78 is 11.1. The molecule has 0 aliphatic rings. The van der Waals surface area contributed by atoms with Gasteiger partial charge in [-0.05, 0) is 61.6 Å². The van der Waals surface area contributed by atoms with Crippen LogP contribution in [0, 0.1) is 0 Å². The minimum atomic E-state index is -0.355. The van der Waals surface area contributed by atoms with Crippen molar-refractivity contribution in [3.8, 4) is 0 Å². The van der Waals surface area contributed by atoms with Crippen LogP contribution in [0.25, 0.3) is 0 Å². The Bertz CT molecular complexity index is 762. The first-order chi connectivity index (χ1) is 13.5. The summed E-state index contributed by atoms with van der Waals surface area (Å²) in [5.74, 6) is -0.699. The lowest BCUT2D eigenvalue weighted by atomic mass is 10.1. The number of carbonyl (C=O) groups is 2. The van der Waals surface area contributed by atoms with Gasteiger partial charge < -0.3 is 9.47 Å². The van der Waals surface area contributed by atoms with E-state index in [0.29, 0.717) is 24.0 Å². The fraction of sp³-hybridized carbons (Fsp3) is 0.417. The second-order valence-electron chi connectivity index (χ2n) is 6.99. The van der Waals surface area contributed by atoms with Crippen molar-refractivity contribution in [2.24, 2.45) is 0 Å². The summed E-state index contributed by atoms with van der Waals surface area (Å²) in [6, 6.07) is 14.9. The molecule has 0 aliphatic carbocycles. The van der Waals surface area contributed by atoms with Crippen LogP contribution in [0.15, 0.2) is 48.5 Å². The Kier molecular flexibility index (Phi) is 8.24. The average molecular weight is 383 g/mol. The molecule has 0 saturated heterocycles. The zero-order valence-electron chi connectivity index (χ0n) is 17.2. The fourth-order valence-corrected chi connectivity index (χ4v) is 2.94. The summed E-state index contributed by atoms with van der Waals surface area (Å²) in [5.41, 5.74) is 3.42. The predicted octanol–water partition coefficient (Wildman–Crippen LogP) is 5.38. The van der Waals surface area contributed by atoms with Crippen LogP contribution in [-0.4, -0.2) is 24.1 Å². The predicted molar refractivity (Wildman–Crippen MR) is 111 cm³/mol. The van der Waals surface area contributed by atoms with Crippen molar-refractivity contribution < 1.29 is 19.1 Å². The van der Waals surface area contributed by atoms with E-state index in [1.165, 1.54) is 11.1 Å². The van der Waals surface area contributed by atoms with Gasteiger partial charge in [-0.3, -0.25) is 0 Å². The second kappa shape index (κ2) is 10.6. The highest BCUT2D eigenvalue weighted by Gasteiger charge is 2.20. The largest absolute Gasteiger partial charge is 0.459 e. The molecule has 0 amide bonds. The lowest BCUT2D eigenvalue weighted by molar-refractivity contribution is 0.00281. The van der Waals surface area contributed by atoms with Gasteiger partial charge in [0.2, 0.25) is 0 Å². The molecule has 150 valence electrons. The van der Waals surface area contributed by atoms with Crippen LogP contribution in [0.1, 0.15) is 72.4 Å². The van der Waals surface area contributed by atoms with E-state index in [1.54, 1.807) is 24.3 Å². The van der Waals surface area contributed by atoms with E-state index in [2.05, 4.69) is 13.8 Å². The second-order valence-corrected chi connectivity index (χ2v) is 6.99. The molecule has 4 nitrogen and oxygen atoms in total. The number of benzene rings is 2. The van der Waals surface area contributed by atoms with E-state index in [9.17, 15) is 9.59 Å². The van der Waals surface area contributed by atoms with E-state index < -0.39 is 0 Å². The highest BCUT2D eigenvalue weighted by Crippen LogP contribution is 2.15. The number of carbonyl (C=O) groups excluding carboxylic acids is 2. The molecule has 2 atom stereocenters. The molecular formula is C24H30O4. The Labute approximate surface area is 167 Å². The van der Waals surface area contributed by atoms with Crippen LogP contribution >= 0.6 is 0 Å². The lowest BCUT2D eigenvalue weighted by Gasteiger charge is -2.21. The highest BCUT2D eigenvalue weighted by atomic mass is 16.6. The summed E-state index contributed by atoms with van der Waals surface area (Å²) in [4.78, 5) is 24.7. The highest BCUT2D eigenvalue weighted by molar-refractivity contribution is 5.90. The van der Waals surface area contributed by atoms with Crippen molar-refractivity contribution in [2.75, 3.05) is 0 Å². The van der Waals surface area contributed by atoms with Gasteiger partial charge in [0, 0.05) is 6.42 Å². The SMILES string of the molecule is CCc1ccc(C(=O)OC(C)CC(CC)OC(=O)c2ccc(CC)cc2)cc1. The molecule has 2 aromatic carbocycles. The molecule has 0 spiro atoms. The van der Waals surface area contributed by atoms with E-state index in [0.717, 1.165) is 12.8 Å². The molecule has 0 saturated carbocycles. The first kappa shape index (κ1) is 21.7. The van der Waals surface area contributed by atoms with Crippen molar-refractivity contribution in [1.82, 2.24) is 0 Å². The van der Waals surface area contributed by atoms with Gasteiger partial charge in [0.1, 0.15) is 12.2 Å². The number of ether oxygens (including phenoxy) is 2. The normalized spacial score (nSPS) is 12.9. The van der Waals surface area contributed by atoms with E-state index in [4.69, 9.17) is 9.47 Å². The first-order valence-electron chi connectivity index (χ1n) is 10.1. The van der Waals surface area contributed by atoms with Crippen LogP contribution in [0.5, 0.6) is 0 Å². The van der Waals surface area contributed by atoms with Gasteiger partial charge in [-0.25, -0.2) is 9.59 Å². The number of hydrogen-bond donors (Lipinski definition) is 0. The molecule has 0 heterocycles. The van der Waals surface area contributed by atoms with Gasteiger partial charge in [-0.15, -0.1) is 0 Å². The summed E-state index contributed by atoms with van der Waals surface area (Å²) >= 11 is 0. The van der Waals surface area contributed by atoms with Crippen LogP contribution in [0.4, 0.5) is 0 Å². The van der Waals surface area contributed by atoms with Crippen molar-refractivity contribution in [3.05, 3.63) is 70.8 Å². The van der Waals surface area contributed by atoms with Gasteiger partial charge in [-0.2, -0.15) is 0 Å². The molecule has 0 fully saturated rings. The summed E-state index contributed by atoms with van der Waals surface area (Å²) in [5, 5.41) is 0. The standard InChI is InChI=1S/C24H30O4/c1-5-18-8-12-20(13-9-18)23(25)27-17(4)16-22(7-3)28-24(26)21-14-10-19(6-2)11-15-21/h8-15,17,22H,5-7,16H2,1-4H3. The maximum absolute atomic E-state index is 12.4. The van der Waals surface area contributed by atoms with Crippen LogP contribution in [0.2, 0.25) is 0 Å². The van der Waals surface area contributed by atoms with E-state index in [1.807, 2.05) is 38.1 Å². The minimum absolute atomic E-state index is 0.302. The third-order valence-electron chi connectivity index (χ3n) is 4.83. The van der Waals surface area contributed by atoms with Crippen molar-refractivity contribution in [3.63, 3.8) is 0 Å². The number of hydrogen-bond acceptors (Lipinski definition) is 4. The molecule has 0 radical (unpaired) electrons. The van der Waals surface area contributed by atoms with Gasteiger partial charge in [0.15, 0.2) is 0 Å². The van der Waals surface area contributed by atoms with Crippen molar-refractivity contribution >= 4 is 11.9 Å². The van der Waals surface area contributed by atoms with E-state index >= 15 is 0 Å². The molecule has 2 aromatic rings. The Hall–Kier alpha value is -2.62. The van der Waals surface area contributed by atoms with Crippen LogP contribution in [-0.2, 0) is 22.3 Å². The zero-order valence-corrected chi connectivity index (χ0v) is 17.2. The molecule has 2 unspecified atom stereocenters. The Morgan fingerprint density at radius 3 is 1.57 bits per heavy atom. The quantitative estimate of drug-likeness (QED) is 0.546. The summed E-state index contributed by atoms with van der Waals surface area (Å²) in [7, 11) is 0. The first-order valence-corrected chi connectivity index (χ1v) is 10.1. The third-order valence-corrected chi connectivity index (χ3v) is 4.83. The average Bonchev–Trinajstić information content (AvgIpc) is 2.73. The molecule has 2 rings (SSSR count). The maximum atomic E-state index is 12.4. The Morgan fingerprint density at radius 1 is 0.750 bits per heavy atom. The van der Waals surface area contributed by atoms with E-state index in [-0.39, 0.29) is 24.1 Å². The molecule has 0 aromatic heterocycles. The molecule has 0 aliphatic heterocycles. The molecular weight excluding hydrogens is 352 g/mol. The number of aryl methyl sites for hydroxylation is 2. The summed E-state index contributed by atoms with van der Waals surface area (Å²) in [6.45, 7) is 7.92. The monoisotopic (exact) mass is 382 g/mol. The van der Waals surface area contributed by atoms with Crippen LogP contribution in [0.3, 0.4) is 0 Å². The van der Waals surface area contributed by atoms with Gasteiger partial charge >= 0.3 is 11.9 Å². The van der Waals surface area contributed by atoms with Crippen molar-refractivity contribution in [2.45, 2.75) is 65.6 Å². The van der Waals surface area contributed by atoms with Crippen molar-refractivity contribution in [1.29, 1.82) is 0 Å². The number of esters is 2. The smallest absolute Gasteiger partial charge is 0.338 e. The van der Waals surface area contributed by atoms with Crippen LogP contribution < -0.4 is 0 Å². The summed E-state index contributed by atoms with van der Waals surface area (Å²) in [6.07, 6.45) is 2.33. The van der Waals surface area contributed by atoms with Gasteiger partial charge in [0.25, 0.3) is 0 Å². The Morgan fingerprint density at radius 2 is 1.18 bits per heavy atom. The molecule has 0 bridgehead atoms. The minimum Gasteiger partial charge on any atom is -0.459 e. The fourth-order valence-electron chi connectivity index (χ4n) is 2.94. The third kappa shape index (κ3) is 6.22. The van der Waals surface area contributed by atoms with Gasteiger partial charge in [-0.1, -0.05) is 45.0 Å². The molecule has 28 heavy (non-hydrogen) atoms. The lowest BCUT2D eigenvalue weighted by Crippen LogP contribution is -2.25. The topological polar surface area (TPSA) is 52.6 Å². The molecule has 4 heteroatoms. The number of rotatable bonds is 9. The maximum Gasteiger partial charge on any atom is 0.338 e. The molecule has 0 N–H and O–H groups in total. The Balaban J connectivity index is 1.89. The van der Waals surface area contributed by atoms with Gasteiger partial charge in [0.05, 0.1) is 11.1 Å².